The molecule has 2 aromatic carbocycles. The number of hydrogen-bond acceptors (Lipinski definition) is 6. The van der Waals surface area contributed by atoms with E-state index in [2.05, 4.69) is 20.2 Å². The van der Waals surface area contributed by atoms with Crippen LogP contribution in [-0.4, -0.2) is 35.6 Å². The second kappa shape index (κ2) is 9.93. The maximum absolute atomic E-state index is 12.8. The predicted molar refractivity (Wildman–Crippen MR) is 120 cm³/mol. The average Bonchev–Trinajstić information content (AvgIpc) is 2.82. The molecular formula is C24H26N4O3. The lowest BCUT2D eigenvalue weighted by atomic mass is 9.97. The summed E-state index contributed by atoms with van der Waals surface area (Å²) in [6.07, 6.45) is 5.24. The van der Waals surface area contributed by atoms with Gasteiger partial charge in [0.15, 0.2) is 0 Å². The van der Waals surface area contributed by atoms with Crippen LogP contribution in [0.5, 0.6) is 17.2 Å². The minimum Gasteiger partial charge on any atom is -0.494 e. The Kier molecular flexibility index (Phi) is 6.62. The van der Waals surface area contributed by atoms with Gasteiger partial charge >= 0.3 is 0 Å². The van der Waals surface area contributed by atoms with Crippen molar-refractivity contribution in [2.75, 3.05) is 29.9 Å². The molecule has 1 amide bonds. The Bertz CT molecular complexity index is 978. The van der Waals surface area contributed by atoms with E-state index in [9.17, 15) is 4.79 Å². The van der Waals surface area contributed by atoms with Gasteiger partial charge in [-0.1, -0.05) is 0 Å². The minimum atomic E-state index is -0.0997. The Balaban J connectivity index is 1.32. The molecule has 0 bridgehead atoms. The minimum absolute atomic E-state index is 0.0146. The summed E-state index contributed by atoms with van der Waals surface area (Å²) in [7, 11) is 0. The van der Waals surface area contributed by atoms with E-state index in [0.29, 0.717) is 24.8 Å². The second-order valence-corrected chi connectivity index (χ2v) is 7.35. The number of aromatic nitrogens is 2. The highest BCUT2D eigenvalue weighted by atomic mass is 16.5. The first-order valence-corrected chi connectivity index (χ1v) is 10.5. The molecule has 160 valence electrons. The number of carbonyl (C=O) groups is 1. The molecule has 0 spiro atoms. The zero-order valence-electron chi connectivity index (χ0n) is 17.5. The molecule has 1 unspecified atom stereocenters. The van der Waals surface area contributed by atoms with Gasteiger partial charge in [0.05, 0.1) is 12.5 Å². The van der Waals surface area contributed by atoms with Crippen molar-refractivity contribution < 1.29 is 14.3 Å². The Morgan fingerprint density at radius 2 is 1.68 bits per heavy atom. The van der Waals surface area contributed by atoms with Crippen molar-refractivity contribution in [1.82, 2.24) is 9.97 Å². The Hall–Kier alpha value is -3.61. The van der Waals surface area contributed by atoms with E-state index in [1.807, 2.05) is 55.5 Å². The van der Waals surface area contributed by atoms with E-state index in [4.69, 9.17) is 9.47 Å². The summed E-state index contributed by atoms with van der Waals surface area (Å²) in [6.45, 7) is 4.07. The predicted octanol–water partition coefficient (Wildman–Crippen LogP) is 4.52. The fourth-order valence-corrected chi connectivity index (χ4v) is 3.58. The molecule has 3 aromatic rings. The number of nitrogens with one attached hydrogen (secondary N) is 1. The van der Waals surface area contributed by atoms with E-state index < -0.39 is 0 Å². The van der Waals surface area contributed by atoms with Crippen LogP contribution < -0.4 is 19.7 Å². The zero-order chi connectivity index (χ0) is 21.5. The van der Waals surface area contributed by atoms with Gasteiger partial charge in [-0.05, 0) is 74.4 Å². The van der Waals surface area contributed by atoms with Crippen molar-refractivity contribution >= 4 is 17.5 Å². The lowest BCUT2D eigenvalue weighted by Crippen LogP contribution is -2.41. The Morgan fingerprint density at radius 3 is 2.35 bits per heavy atom. The molecule has 0 radical (unpaired) electrons. The number of amides is 1. The summed E-state index contributed by atoms with van der Waals surface area (Å²) < 4.78 is 11.3. The molecule has 1 aromatic heterocycles. The standard InChI is InChI=1S/C24H26N4O3/c1-2-30-20-10-12-22(13-11-20)31-21-8-6-19(7-9-21)27-23(29)18-5-3-16-28(17-18)24-25-14-4-15-26-24/h4,6-15,18H,2-3,5,16-17H2,1H3,(H,27,29). The molecule has 2 heterocycles. The van der Waals surface area contributed by atoms with Gasteiger partial charge in [0.1, 0.15) is 17.2 Å². The molecule has 1 N–H and O–H groups in total. The van der Waals surface area contributed by atoms with Crippen molar-refractivity contribution in [3.8, 4) is 17.2 Å². The number of piperidine rings is 1. The molecule has 7 nitrogen and oxygen atoms in total. The SMILES string of the molecule is CCOc1ccc(Oc2ccc(NC(=O)C3CCCN(c4ncccn4)C3)cc2)cc1. The van der Waals surface area contributed by atoms with Crippen LogP contribution in [-0.2, 0) is 4.79 Å². The highest BCUT2D eigenvalue weighted by Crippen LogP contribution is 2.26. The van der Waals surface area contributed by atoms with Crippen LogP contribution in [0.2, 0.25) is 0 Å². The normalized spacial score (nSPS) is 15.9. The number of ether oxygens (including phenoxy) is 2. The van der Waals surface area contributed by atoms with Gasteiger partial charge in [-0.2, -0.15) is 0 Å². The molecule has 7 heteroatoms. The van der Waals surface area contributed by atoms with Crippen molar-refractivity contribution in [2.24, 2.45) is 5.92 Å². The number of rotatable bonds is 7. The molecule has 1 fully saturated rings. The fourth-order valence-electron chi connectivity index (χ4n) is 3.58. The Labute approximate surface area is 182 Å². The molecule has 4 rings (SSSR count). The third-order valence-corrected chi connectivity index (χ3v) is 5.12. The van der Waals surface area contributed by atoms with Gasteiger partial charge in [0.25, 0.3) is 0 Å². The molecule has 1 atom stereocenters. The molecule has 0 saturated carbocycles. The Morgan fingerprint density at radius 1 is 1.03 bits per heavy atom. The summed E-state index contributed by atoms with van der Waals surface area (Å²) in [6, 6.07) is 16.7. The van der Waals surface area contributed by atoms with Gasteiger partial charge in [0.2, 0.25) is 11.9 Å². The first-order valence-electron chi connectivity index (χ1n) is 10.5. The fraction of sp³-hybridized carbons (Fsp3) is 0.292. The molecule has 1 saturated heterocycles. The molecule has 31 heavy (non-hydrogen) atoms. The van der Waals surface area contributed by atoms with Crippen LogP contribution in [0.1, 0.15) is 19.8 Å². The lowest BCUT2D eigenvalue weighted by molar-refractivity contribution is -0.120. The van der Waals surface area contributed by atoms with Crippen LogP contribution in [0.4, 0.5) is 11.6 Å². The van der Waals surface area contributed by atoms with E-state index in [1.54, 1.807) is 18.5 Å². The average molecular weight is 418 g/mol. The van der Waals surface area contributed by atoms with Crippen LogP contribution >= 0.6 is 0 Å². The van der Waals surface area contributed by atoms with E-state index in [-0.39, 0.29) is 11.8 Å². The summed E-state index contributed by atoms with van der Waals surface area (Å²) in [5.74, 6) is 2.83. The molecular weight excluding hydrogens is 392 g/mol. The van der Waals surface area contributed by atoms with Gasteiger partial charge in [-0.15, -0.1) is 0 Å². The van der Waals surface area contributed by atoms with E-state index >= 15 is 0 Å². The third-order valence-electron chi connectivity index (χ3n) is 5.12. The molecule has 1 aliphatic rings. The molecule has 0 aliphatic carbocycles. The van der Waals surface area contributed by atoms with Crippen molar-refractivity contribution in [1.29, 1.82) is 0 Å². The third kappa shape index (κ3) is 5.51. The number of carbonyl (C=O) groups excluding carboxylic acids is 1. The van der Waals surface area contributed by atoms with Crippen molar-refractivity contribution in [3.05, 3.63) is 67.0 Å². The van der Waals surface area contributed by atoms with Crippen molar-refractivity contribution in [3.63, 3.8) is 0 Å². The highest BCUT2D eigenvalue weighted by Gasteiger charge is 2.27. The maximum atomic E-state index is 12.8. The topological polar surface area (TPSA) is 76.6 Å². The smallest absolute Gasteiger partial charge is 0.229 e. The van der Waals surface area contributed by atoms with Crippen LogP contribution in [0, 0.1) is 5.92 Å². The highest BCUT2D eigenvalue weighted by molar-refractivity contribution is 5.93. The van der Waals surface area contributed by atoms with E-state index in [0.717, 1.165) is 36.6 Å². The van der Waals surface area contributed by atoms with Gasteiger partial charge in [-0.25, -0.2) is 9.97 Å². The largest absolute Gasteiger partial charge is 0.494 e. The maximum Gasteiger partial charge on any atom is 0.229 e. The van der Waals surface area contributed by atoms with Gasteiger partial charge in [0, 0.05) is 31.2 Å². The van der Waals surface area contributed by atoms with Gasteiger partial charge < -0.3 is 19.7 Å². The number of hydrogen-bond donors (Lipinski definition) is 1. The second-order valence-electron chi connectivity index (χ2n) is 7.35. The van der Waals surface area contributed by atoms with Crippen molar-refractivity contribution in [2.45, 2.75) is 19.8 Å². The summed E-state index contributed by atoms with van der Waals surface area (Å²) in [4.78, 5) is 23.5. The molecule has 1 aliphatic heterocycles. The summed E-state index contributed by atoms with van der Waals surface area (Å²) in [5.41, 5.74) is 0.747. The summed E-state index contributed by atoms with van der Waals surface area (Å²) in [5, 5.41) is 3.02. The van der Waals surface area contributed by atoms with Gasteiger partial charge in [-0.3, -0.25) is 4.79 Å². The quantitative estimate of drug-likeness (QED) is 0.608. The number of benzene rings is 2. The van der Waals surface area contributed by atoms with Crippen LogP contribution in [0.25, 0.3) is 0 Å². The van der Waals surface area contributed by atoms with Crippen LogP contribution in [0.3, 0.4) is 0 Å². The van der Waals surface area contributed by atoms with Crippen LogP contribution in [0.15, 0.2) is 67.0 Å². The summed E-state index contributed by atoms with van der Waals surface area (Å²) >= 11 is 0. The van der Waals surface area contributed by atoms with E-state index in [1.165, 1.54) is 0 Å². The monoisotopic (exact) mass is 418 g/mol. The lowest BCUT2D eigenvalue weighted by Gasteiger charge is -2.31. The number of nitrogens with zero attached hydrogens (tertiary/aromatic N) is 3. The number of anilines is 2. The first kappa shape index (κ1) is 20.7. The first-order chi connectivity index (χ1) is 15.2. The zero-order valence-corrected chi connectivity index (χ0v) is 17.5.